The summed E-state index contributed by atoms with van der Waals surface area (Å²) in [5, 5.41) is 7.03. The van der Waals surface area contributed by atoms with Gasteiger partial charge in [-0.25, -0.2) is 0 Å². The summed E-state index contributed by atoms with van der Waals surface area (Å²) in [6, 6.07) is 1.56. The van der Waals surface area contributed by atoms with Gasteiger partial charge in [-0.3, -0.25) is 9.48 Å². The number of carbonyl (C=O) groups is 1. The van der Waals surface area contributed by atoms with Gasteiger partial charge in [0.25, 0.3) is 0 Å². The van der Waals surface area contributed by atoms with Crippen LogP contribution in [-0.4, -0.2) is 28.3 Å². The summed E-state index contributed by atoms with van der Waals surface area (Å²) in [5.74, 6) is -0.0715. The van der Waals surface area contributed by atoms with Gasteiger partial charge >= 0.3 is 0 Å². The molecule has 0 aliphatic heterocycles. The first-order valence-corrected chi connectivity index (χ1v) is 5.65. The molecule has 1 aromatic rings. The minimum Gasteiger partial charge on any atom is -0.354 e. The molecule has 5 heteroatoms. The highest BCUT2D eigenvalue weighted by Crippen LogP contribution is 1.95. The lowest BCUT2D eigenvalue weighted by molar-refractivity contribution is -0.122. The quantitative estimate of drug-likeness (QED) is 0.725. The van der Waals surface area contributed by atoms with Crippen LogP contribution in [0.25, 0.3) is 0 Å². The van der Waals surface area contributed by atoms with Crippen molar-refractivity contribution >= 4 is 5.91 Å². The van der Waals surface area contributed by atoms with E-state index >= 15 is 0 Å². The second kappa shape index (κ2) is 6.27. The molecule has 0 saturated carbocycles. The predicted octanol–water partition coefficient (Wildman–Crippen LogP) is 0.206. The second-order valence-electron chi connectivity index (χ2n) is 3.92. The molecule has 0 saturated heterocycles. The number of rotatable bonds is 6. The Kier molecular flexibility index (Phi) is 4.98. The van der Waals surface area contributed by atoms with E-state index in [1.807, 2.05) is 26.2 Å². The van der Waals surface area contributed by atoms with Crippen molar-refractivity contribution in [1.29, 1.82) is 0 Å². The van der Waals surface area contributed by atoms with Crippen LogP contribution in [0.3, 0.4) is 0 Å². The van der Waals surface area contributed by atoms with Gasteiger partial charge in [-0.15, -0.1) is 0 Å². The number of hydrogen-bond acceptors (Lipinski definition) is 3. The Bertz CT molecular complexity index is 334. The Balaban J connectivity index is 2.22. The highest BCUT2D eigenvalue weighted by molar-refractivity contribution is 5.81. The van der Waals surface area contributed by atoms with Crippen LogP contribution in [0.4, 0.5) is 0 Å². The molecule has 0 unspecified atom stereocenters. The van der Waals surface area contributed by atoms with Crippen LogP contribution >= 0.6 is 0 Å². The van der Waals surface area contributed by atoms with E-state index in [0.29, 0.717) is 6.54 Å². The number of hydrogen-bond donors (Lipinski definition) is 2. The summed E-state index contributed by atoms with van der Waals surface area (Å²) in [5.41, 5.74) is 6.66. The van der Waals surface area contributed by atoms with Gasteiger partial charge in [-0.2, -0.15) is 5.10 Å². The second-order valence-corrected chi connectivity index (χ2v) is 3.92. The number of carbonyl (C=O) groups excluding carboxylic acids is 1. The van der Waals surface area contributed by atoms with Crippen LogP contribution in [0, 0.1) is 0 Å². The number of nitrogens with two attached hydrogens (primary N) is 1. The van der Waals surface area contributed by atoms with Gasteiger partial charge < -0.3 is 11.1 Å². The molecule has 0 aliphatic rings. The van der Waals surface area contributed by atoms with Crippen LogP contribution in [-0.2, 0) is 18.3 Å². The van der Waals surface area contributed by atoms with Gasteiger partial charge in [0.05, 0.1) is 11.7 Å². The maximum atomic E-state index is 11.5. The molecule has 16 heavy (non-hydrogen) atoms. The molecule has 0 radical (unpaired) electrons. The zero-order valence-electron chi connectivity index (χ0n) is 9.94. The third-order valence-electron chi connectivity index (χ3n) is 2.39. The summed E-state index contributed by atoms with van der Waals surface area (Å²) in [6.45, 7) is 2.61. The molecule has 1 aromatic heterocycles. The van der Waals surface area contributed by atoms with Gasteiger partial charge in [0.1, 0.15) is 0 Å². The molecule has 0 aromatic carbocycles. The Morgan fingerprint density at radius 3 is 3.00 bits per heavy atom. The van der Waals surface area contributed by atoms with E-state index in [9.17, 15) is 4.79 Å². The smallest absolute Gasteiger partial charge is 0.236 e. The number of aromatic nitrogens is 2. The van der Waals surface area contributed by atoms with Gasteiger partial charge in [0.15, 0.2) is 0 Å². The summed E-state index contributed by atoms with van der Waals surface area (Å²) in [4.78, 5) is 11.5. The zero-order chi connectivity index (χ0) is 12.0. The van der Waals surface area contributed by atoms with Crippen molar-refractivity contribution < 1.29 is 4.79 Å². The van der Waals surface area contributed by atoms with Crippen molar-refractivity contribution in [2.24, 2.45) is 12.8 Å². The fourth-order valence-corrected chi connectivity index (χ4v) is 1.48. The minimum atomic E-state index is -0.381. The van der Waals surface area contributed by atoms with Crippen LogP contribution in [0.5, 0.6) is 0 Å². The molecule has 0 spiro atoms. The van der Waals surface area contributed by atoms with Crippen molar-refractivity contribution in [3.8, 4) is 0 Å². The first-order chi connectivity index (χ1) is 7.63. The maximum Gasteiger partial charge on any atom is 0.236 e. The first-order valence-electron chi connectivity index (χ1n) is 5.65. The Morgan fingerprint density at radius 1 is 1.69 bits per heavy atom. The summed E-state index contributed by atoms with van der Waals surface area (Å²) in [6.07, 6.45) is 4.29. The van der Waals surface area contributed by atoms with Crippen LogP contribution in [0.15, 0.2) is 12.3 Å². The predicted molar refractivity (Wildman–Crippen MR) is 62.8 cm³/mol. The van der Waals surface area contributed by atoms with Gasteiger partial charge in [0, 0.05) is 26.2 Å². The van der Waals surface area contributed by atoms with Gasteiger partial charge in [-0.05, 0) is 12.5 Å². The molecule has 0 bridgehead atoms. The maximum absolute atomic E-state index is 11.5. The van der Waals surface area contributed by atoms with Gasteiger partial charge in [0.2, 0.25) is 5.91 Å². The average Bonchev–Trinajstić information content (AvgIpc) is 2.64. The highest BCUT2D eigenvalue weighted by atomic mass is 16.2. The van der Waals surface area contributed by atoms with Crippen molar-refractivity contribution in [2.45, 2.75) is 32.2 Å². The number of nitrogens with zero attached hydrogens (tertiary/aromatic N) is 2. The third-order valence-corrected chi connectivity index (χ3v) is 2.39. The molecular weight excluding hydrogens is 204 g/mol. The van der Waals surface area contributed by atoms with Crippen molar-refractivity contribution in [3.05, 3.63) is 18.0 Å². The molecule has 1 heterocycles. The lowest BCUT2D eigenvalue weighted by Gasteiger charge is -2.10. The molecule has 1 atom stereocenters. The van der Waals surface area contributed by atoms with Crippen molar-refractivity contribution in [3.63, 3.8) is 0 Å². The molecule has 1 rings (SSSR count). The summed E-state index contributed by atoms with van der Waals surface area (Å²) >= 11 is 0. The lowest BCUT2D eigenvalue weighted by Crippen LogP contribution is -2.41. The Morgan fingerprint density at radius 2 is 2.44 bits per heavy atom. The highest BCUT2D eigenvalue weighted by Gasteiger charge is 2.11. The normalized spacial score (nSPS) is 12.4. The monoisotopic (exact) mass is 224 g/mol. The Hall–Kier alpha value is -1.36. The van der Waals surface area contributed by atoms with E-state index < -0.39 is 0 Å². The van der Waals surface area contributed by atoms with Crippen LogP contribution in [0.1, 0.15) is 25.5 Å². The van der Waals surface area contributed by atoms with E-state index in [0.717, 1.165) is 25.0 Å². The standard InChI is InChI=1S/C11H20N4O/c1-3-4-10(12)11(16)13-7-5-9-6-8-15(2)14-9/h6,8,10H,3-5,7,12H2,1-2H3,(H,13,16)/t10-/m0/s1. The van der Waals surface area contributed by atoms with E-state index in [1.54, 1.807) is 4.68 Å². The Labute approximate surface area is 96.0 Å². The van der Waals surface area contributed by atoms with Crippen molar-refractivity contribution in [1.82, 2.24) is 15.1 Å². The van der Waals surface area contributed by atoms with E-state index in [4.69, 9.17) is 5.73 Å². The molecule has 90 valence electrons. The molecule has 0 aliphatic carbocycles. The minimum absolute atomic E-state index is 0.0715. The number of nitrogens with one attached hydrogen (secondary N) is 1. The molecule has 0 fully saturated rings. The first kappa shape index (κ1) is 12.7. The number of amides is 1. The number of aryl methyl sites for hydroxylation is 1. The summed E-state index contributed by atoms with van der Waals surface area (Å²) < 4.78 is 1.75. The van der Waals surface area contributed by atoms with Crippen LogP contribution < -0.4 is 11.1 Å². The largest absolute Gasteiger partial charge is 0.354 e. The average molecular weight is 224 g/mol. The van der Waals surface area contributed by atoms with Crippen molar-refractivity contribution in [2.75, 3.05) is 6.54 Å². The van der Waals surface area contributed by atoms with Crippen LogP contribution in [0.2, 0.25) is 0 Å². The van der Waals surface area contributed by atoms with Gasteiger partial charge in [-0.1, -0.05) is 13.3 Å². The molecule has 3 N–H and O–H groups in total. The summed E-state index contributed by atoms with van der Waals surface area (Å²) in [7, 11) is 1.87. The van der Waals surface area contributed by atoms with E-state index in [1.165, 1.54) is 0 Å². The topological polar surface area (TPSA) is 72.9 Å². The molecular formula is C11H20N4O. The third kappa shape index (κ3) is 4.02. The molecule has 1 amide bonds. The fraction of sp³-hybridized carbons (Fsp3) is 0.636. The lowest BCUT2D eigenvalue weighted by atomic mass is 10.1. The SMILES string of the molecule is CCC[C@H](N)C(=O)NCCc1ccn(C)n1. The zero-order valence-corrected chi connectivity index (χ0v) is 9.94. The van der Waals surface area contributed by atoms with E-state index in [-0.39, 0.29) is 11.9 Å². The molecule has 5 nitrogen and oxygen atoms in total. The fourth-order valence-electron chi connectivity index (χ4n) is 1.48. The van der Waals surface area contributed by atoms with E-state index in [2.05, 4.69) is 10.4 Å².